The second-order valence-corrected chi connectivity index (χ2v) is 7.07. The number of hydrogen-bond donors (Lipinski definition) is 1. The van der Waals surface area contributed by atoms with Gasteiger partial charge in [0.15, 0.2) is 5.82 Å². The van der Waals surface area contributed by atoms with E-state index in [4.69, 9.17) is 0 Å². The summed E-state index contributed by atoms with van der Waals surface area (Å²) in [7, 11) is 0. The van der Waals surface area contributed by atoms with Crippen molar-refractivity contribution in [2.24, 2.45) is 11.8 Å². The maximum atomic E-state index is 12.3. The summed E-state index contributed by atoms with van der Waals surface area (Å²) in [5.74, 6) is 1.51. The molecule has 1 N–H and O–H groups in total. The van der Waals surface area contributed by atoms with Gasteiger partial charge in [-0.25, -0.2) is 0 Å². The monoisotopic (exact) mass is 338 g/mol. The first-order chi connectivity index (χ1) is 12.1. The first-order valence-corrected chi connectivity index (χ1v) is 9.05. The van der Waals surface area contributed by atoms with Crippen molar-refractivity contribution in [3.8, 4) is 11.3 Å². The van der Waals surface area contributed by atoms with Gasteiger partial charge in [0.2, 0.25) is 5.91 Å². The highest BCUT2D eigenvalue weighted by Gasteiger charge is 2.26. The van der Waals surface area contributed by atoms with Gasteiger partial charge in [-0.2, -0.15) is 0 Å². The lowest BCUT2D eigenvalue weighted by atomic mass is 9.97. The second kappa shape index (κ2) is 8.10. The standard InChI is InChI=1S/C20H26N4O/c1-15(2)13-21-20(25)17-9-6-12-24(14-17)19-11-10-18(22-23-19)16-7-4-3-5-8-16/h3-5,7-8,10-11,15,17H,6,9,12-14H2,1-2H3,(H,21,25)/t17-/m1/s1. The minimum atomic E-state index is 0.0306. The van der Waals surface area contributed by atoms with Gasteiger partial charge in [0, 0.05) is 25.2 Å². The third-order valence-electron chi connectivity index (χ3n) is 4.52. The number of piperidine rings is 1. The number of anilines is 1. The van der Waals surface area contributed by atoms with Gasteiger partial charge in [-0.15, -0.1) is 10.2 Å². The predicted octanol–water partition coefficient (Wildman–Crippen LogP) is 3.13. The van der Waals surface area contributed by atoms with E-state index in [0.717, 1.165) is 43.0 Å². The second-order valence-electron chi connectivity index (χ2n) is 7.07. The van der Waals surface area contributed by atoms with Crippen LogP contribution >= 0.6 is 0 Å². The highest BCUT2D eigenvalue weighted by Crippen LogP contribution is 2.23. The normalized spacial score (nSPS) is 17.6. The highest BCUT2D eigenvalue weighted by atomic mass is 16.1. The van der Waals surface area contributed by atoms with Gasteiger partial charge in [0.25, 0.3) is 0 Å². The average Bonchev–Trinajstić information content (AvgIpc) is 2.67. The SMILES string of the molecule is CC(C)CNC(=O)[C@@H]1CCCN(c2ccc(-c3ccccc3)nn2)C1. The fourth-order valence-electron chi connectivity index (χ4n) is 3.11. The molecule has 1 amide bonds. The summed E-state index contributed by atoms with van der Waals surface area (Å²) in [6.07, 6.45) is 1.94. The van der Waals surface area contributed by atoms with Crippen molar-refractivity contribution in [3.63, 3.8) is 0 Å². The van der Waals surface area contributed by atoms with Gasteiger partial charge in [0.05, 0.1) is 11.6 Å². The van der Waals surface area contributed by atoms with Crippen LogP contribution < -0.4 is 10.2 Å². The minimum Gasteiger partial charge on any atom is -0.356 e. The van der Waals surface area contributed by atoms with Crippen molar-refractivity contribution in [2.75, 3.05) is 24.5 Å². The Labute approximate surface area is 149 Å². The largest absolute Gasteiger partial charge is 0.356 e. The van der Waals surface area contributed by atoms with Gasteiger partial charge in [-0.1, -0.05) is 44.2 Å². The van der Waals surface area contributed by atoms with E-state index in [-0.39, 0.29) is 11.8 Å². The first-order valence-electron chi connectivity index (χ1n) is 9.05. The smallest absolute Gasteiger partial charge is 0.224 e. The predicted molar refractivity (Wildman–Crippen MR) is 100 cm³/mol. The maximum absolute atomic E-state index is 12.3. The van der Waals surface area contributed by atoms with Crippen LogP contribution in [-0.4, -0.2) is 35.7 Å². The van der Waals surface area contributed by atoms with Crippen LogP contribution in [0.15, 0.2) is 42.5 Å². The molecule has 0 aliphatic carbocycles. The number of nitrogens with one attached hydrogen (secondary N) is 1. The molecule has 0 saturated carbocycles. The zero-order valence-electron chi connectivity index (χ0n) is 15.0. The van der Waals surface area contributed by atoms with Crippen LogP contribution in [0.4, 0.5) is 5.82 Å². The summed E-state index contributed by atoms with van der Waals surface area (Å²) in [5.41, 5.74) is 1.93. The lowest BCUT2D eigenvalue weighted by Crippen LogP contribution is -2.44. The van der Waals surface area contributed by atoms with Crippen molar-refractivity contribution in [3.05, 3.63) is 42.5 Å². The molecule has 1 aromatic heterocycles. The average molecular weight is 338 g/mol. The van der Waals surface area contributed by atoms with Crippen LogP contribution in [-0.2, 0) is 4.79 Å². The van der Waals surface area contributed by atoms with E-state index >= 15 is 0 Å². The van der Waals surface area contributed by atoms with Crippen LogP contribution in [0.25, 0.3) is 11.3 Å². The van der Waals surface area contributed by atoms with Crippen LogP contribution in [0, 0.1) is 11.8 Å². The maximum Gasteiger partial charge on any atom is 0.224 e. The third-order valence-corrected chi connectivity index (χ3v) is 4.52. The Hall–Kier alpha value is -2.43. The Morgan fingerprint density at radius 3 is 2.68 bits per heavy atom. The molecular formula is C20H26N4O. The van der Waals surface area contributed by atoms with Crippen molar-refractivity contribution < 1.29 is 4.79 Å². The molecule has 2 aromatic rings. The fraction of sp³-hybridized carbons (Fsp3) is 0.450. The minimum absolute atomic E-state index is 0.0306. The number of rotatable bonds is 5. The first kappa shape index (κ1) is 17.4. The third kappa shape index (κ3) is 4.56. The molecule has 0 spiro atoms. The molecule has 5 heteroatoms. The highest BCUT2D eigenvalue weighted by molar-refractivity contribution is 5.79. The topological polar surface area (TPSA) is 58.1 Å². The molecule has 0 bridgehead atoms. The molecule has 1 aromatic carbocycles. The quantitative estimate of drug-likeness (QED) is 0.910. The summed E-state index contributed by atoms with van der Waals surface area (Å²) in [5, 5.41) is 11.8. The molecule has 3 rings (SSSR count). The zero-order chi connectivity index (χ0) is 17.6. The summed E-state index contributed by atoms with van der Waals surface area (Å²) in [6, 6.07) is 14.0. The lowest BCUT2D eigenvalue weighted by molar-refractivity contribution is -0.125. The Kier molecular flexibility index (Phi) is 5.64. The van der Waals surface area contributed by atoms with Crippen molar-refractivity contribution >= 4 is 11.7 Å². The van der Waals surface area contributed by atoms with Crippen molar-refractivity contribution in [2.45, 2.75) is 26.7 Å². The summed E-state index contributed by atoms with van der Waals surface area (Å²) in [4.78, 5) is 14.5. The Balaban J connectivity index is 1.64. The Bertz CT molecular complexity index is 685. The van der Waals surface area contributed by atoms with E-state index in [1.54, 1.807) is 0 Å². The van der Waals surface area contributed by atoms with Crippen molar-refractivity contribution in [1.82, 2.24) is 15.5 Å². The molecule has 25 heavy (non-hydrogen) atoms. The van der Waals surface area contributed by atoms with Gasteiger partial charge in [-0.3, -0.25) is 4.79 Å². The van der Waals surface area contributed by atoms with E-state index in [9.17, 15) is 4.79 Å². The summed E-state index contributed by atoms with van der Waals surface area (Å²) < 4.78 is 0. The van der Waals surface area contributed by atoms with Gasteiger partial charge >= 0.3 is 0 Å². The molecule has 132 valence electrons. The zero-order valence-corrected chi connectivity index (χ0v) is 15.0. The molecule has 1 aliphatic rings. The Morgan fingerprint density at radius 1 is 1.20 bits per heavy atom. The van der Waals surface area contributed by atoms with E-state index in [2.05, 4.69) is 34.3 Å². The fourth-order valence-corrected chi connectivity index (χ4v) is 3.11. The van der Waals surface area contributed by atoms with Crippen LogP contribution in [0.2, 0.25) is 0 Å². The number of benzene rings is 1. The van der Waals surface area contributed by atoms with Gasteiger partial charge in [0.1, 0.15) is 0 Å². The van der Waals surface area contributed by atoms with E-state index < -0.39 is 0 Å². The van der Waals surface area contributed by atoms with Crippen LogP contribution in [0.3, 0.4) is 0 Å². The lowest BCUT2D eigenvalue weighted by Gasteiger charge is -2.32. The number of nitrogens with zero attached hydrogens (tertiary/aromatic N) is 3. The Morgan fingerprint density at radius 2 is 2.00 bits per heavy atom. The van der Waals surface area contributed by atoms with Gasteiger partial charge < -0.3 is 10.2 Å². The molecule has 1 saturated heterocycles. The van der Waals surface area contributed by atoms with Crippen molar-refractivity contribution in [1.29, 1.82) is 0 Å². The summed E-state index contributed by atoms with van der Waals surface area (Å²) in [6.45, 7) is 6.59. The van der Waals surface area contributed by atoms with Crippen LogP contribution in [0.5, 0.6) is 0 Å². The van der Waals surface area contributed by atoms with Gasteiger partial charge in [-0.05, 0) is 30.9 Å². The molecule has 0 unspecified atom stereocenters. The van der Waals surface area contributed by atoms with Crippen LogP contribution in [0.1, 0.15) is 26.7 Å². The molecule has 2 heterocycles. The van der Waals surface area contributed by atoms with E-state index in [1.807, 2.05) is 42.5 Å². The molecule has 1 atom stereocenters. The molecule has 1 aliphatic heterocycles. The molecule has 5 nitrogen and oxygen atoms in total. The number of carbonyl (C=O) groups excluding carboxylic acids is 1. The number of aromatic nitrogens is 2. The van der Waals surface area contributed by atoms with E-state index in [1.165, 1.54) is 0 Å². The number of amides is 1. The summed E-state index contributed by atoms with van der Waals surface area (Å²) >= 11 is 0. The number of carbonyl (C=O) groups is 1. The number of hydrogen-bond acceptors (Lipinski definition) is 4. The molecule has 1 fully saturated rings. The molecule has 0 radical (unpaired) electrons. The molecular weight excluding hydrogens is 312 g/mol. The van der Waals surface area contributed by atoms with E-state index in [0.29, 0.717) is 12.5 Å².